The Kier molecular flexibility index (Phi) is 2.51. The molecule has 0 bridgehead atoms. The number of aromatic nitrogens is 2. The lowest BCUT2D eigenvalue weighted by Gasteiger charge is -2.19. The van der Waals surface area contributed by atoms with E-state index >= 15 is 0 Å². The van der Waals surface area contributed by atoms with Crippen LogP contribution in [-0.4, -0.2) is 44.5 Å². The fourth-order valence-electron chi connectivity index (χ4n) is 2.42. The Hall–Kier alpha value is -1.64. The Morgan fingerprint density at radius 3 is 2.78 bits per heavy atom. The molecule has 96 valence electrons. The van der Waals surface area contributed by atoms with Crippen molar-refractivity contribution in [2.75, 3.05) is 0 Å². The zero-order chi connectivity index (χ0) is 12.9. The fourth-order valence-corrected chi connectivity index (χ4v) is 2.42. The van der Waals surface area contributed by atoms with E-state index in [1.54, 1.807) is 6.92 Å². The Balaban J connectivity index is 1.96. The maximum atomic E-state index is 11.5. The van der Waals surface area contributed by atoms with E-state index in [0.29, 0.717) is 5.69 Å². The SMILES string of the molecule is C[C@@H]1N[C@H](C2N=Nc3c2nc[nH]c3=O)[C@@H](O)[C@H]1O. The highest BCUT2D eigenvalue weighted by molar-refractivity contribution is 5.44. The first-order chi connectivity index (χ1) is 8.59. The molecule has 2 aliphatic rings. The predicted octanol–water partition coefficient (Wildman–Crippen LogP) is -1.01. The van der Waals surface area contributed by atoms with Crippen LogP contribution in [-0.2, 0) is 0 Å². The Bertz CT molecular complexity index is 557. The van der Waals surface area contributed by atoms with E-state index in [1.807, 2.05) is 0 Å². The first kappa shape index (κ1) is 11.5. The van der Waals surface area contributed by atoms with E-state index < -0.39 is 24.3 Å². The van der Waals surface area contributed by atoms with Crippen molar-refractivity contribution in [3.63, 3.8) is 0 Å². The highest BCUT2D eigenvalue weighted by Crippen LogP contribution is 2.36. The van der Waals surface area contributed by atoms with Gasteiger partial charge < -0.3 is 20.5 Å². The molecule has 1 saturated heterocycles. The highest BCUT2D eigenvalue weighted by atomic mass is 16.3. The van der Waals surface area contributed by atoms with Gasteiger partial charge in [-0.3, -0.25) is 4.79 Å². The van der Waals surface area contributed by atoms with Crippen LogP contribution in [0.3, 0.4) is 0 Å². The molecule has 5 atom stereocenters. The molecule has 1 fully saturated rings. The number of nitrogens with one attached hydrogen (secondary N) is 2. The Morgan fingerprint density at radius 2 is 2.11 bits per heavy atom. The first-order valence-corrected chi connectivity index (χ1v) is 5.70. The summed E-state index contributed by atoms with van der Waals surface area (Å²) in [7, 11) is 0. The van der Waals surface area contributed by atoms with Gasteiger partial charge in [-0.25, -0.2) is 4.98 Å². The van der Waals surface area contributed by atoms with Gasteiger partial charge >= 0.3 is 0 Å². The van der Waals surface area contributed by atoms with Crippen LogP contribution < -0.4 is 10.9 Å². The van der Waals surface area contributed by atoms with Gasteiger partial charge in [-0.15, -0.1) is 5.11 Å². The van der Waals surface area contributed by atoms with Crippen LogP contribution in [0.1, 0.15) is 18.7 Å². The minimum absolute atomic E-state index is 0.172. The van der Waals surface area contributed by atoms with Gasteiger partial charge in [0.2, 0.25) is 0 Å². The summed E-state index contributed by atoms with van der Waals surface area (Å²) in [5, 5.41) is 30.5. The van der Waals surface area contributed by atoms with Crippen molar-refractivity contribution in [1.29, 1.82) is 0 Å². The third kappa shape index (κ3) is 1.50. The maximum Gasteiger partial charge on any atom is 0.278 e. The predicted molar refractivity (Wildman–Crippen MR) is 60.5 cm³/mol. The van der Waals surface area contributed by atoms with Crippen molar-refractivity contribution in [3.05, 3.63) is 22.4 Å². The lowest BCUT2D eigenvalue weighted by molar-refractivity contribution is 0.0266. The molecule has 3 rings (SSSR count). The van der Waals surface area contributed by atoms with Crippen LogP contribution in [0.4, 0.5) is 5.69 Å². The molecule has 1 unspecified atom stereocenters. The maximum absolute atomic E-state index is 11.5. The van der Waals surface area contributed by atoms with Gasteiger partial charge in [-0.2, -0.15) is 5.11 Å². The quantitative estimate of drug-likeness (QED) is 0.509. The molecule has 0 spiro atoms. The molecule has 8 nitrogen and oxygen atoms in total. The number of rotatable bonds is 1. The van der Waals surface area contributed by atoms with Crippen LogP contribution >= 0.6 is 0 Å². The summed E-state index contributed by atoms with van der Waals surface area (Å²) >= 11 is 0. The monoisotopic (exact) mass is 251 g/mol. The molecule has 3 heterocycles. The van der Waals surface area contributed by atoms with Crippen molar-refractivity contribution < 1.29 is 10.2 Å². The minimum atomic E-state index is -0.962. The molecule has 2 aliphatic heterocycles. The van der Waals surface area contributed by atoms with Crippen molar-refractivity contribution in [1.82, 2.24) is 15.3 Å². The molecule has 8 heteroatoms. The summed E-state index contributed by atoms with van der Waals surface area (Å²) in [5.41, 5.74) is 0.245. The molecule has 0 radical (unpaired) electrons. The zero-order valence-electron chi connectivity index (χ0n) is 9.61. The van der Waals surface area contributed by atoms with Gasteiger partial charge in [0.15, 0.2) is 5.69 Å². The Morgan fingerprint density at radius 1 is 1.33 bits per heavy atom. The van der Waals surface area contributed by atoms with Gasteiger partial charge in [0, 0.05) is 6.04 Å². The number of azo groups is 1. The van der Waals surface area contributed by atoms with Gasteiger partial charge in [0.05, 0.1) is 24.6 Å². The lowest BCUT2D eigenvalue weighted by Crippen LogP contribution is -2.38. The first-order valence-electron chi connectivity index (χ1n) is 5.70. The summed E-state index contributed by atoms with van der Waals surface area (Å²) in [6, 6.07) is -1.28. The van der Waals surface area contributed by atoms with Crippen molar-refractivity contribution in [3.8, 4) is 0 Å². The second kappa shape index (κ2) is 3.94. The molecule has 0 amide bonds. The van der Waals surface area contributed by atoms with Crippen LogP contribution in [0, 0.1) is 0 Å². The highest BCUT2D eigenvalue weighted by Gasteiger charge is 2.46. The van der Waals surface area contributed by atoms with Crippen LogP contribution in [0.5, 0.6) is 0 Å². The van der Waals surface area contributed by atoms with Crippen LogP contribution in [0.25, 0.3) is 0 Å². The summed E-state index contributed by atoms with van der Waals surface area (Å²) in [6.45, 7) is 1.77. The topological polar surface area (TPSA) is 123 Å². The van der Waals surface area contributed by atoms with Crippen molar-refractivity contribution in [2.24, 2.45) is 10.2 Å². The standard InChI is InChI=1S/C10H13N5O3/c1-3-8(16)9(17)6(13-3)5-4-7(15-14-5)10(18)12-2-11-4/h2-3,5-6,8-9,13,16-17H,1H3,(H,11,12,18)/t3-,5?,6+,8-,9+/m0/s1. The largest absolute Gasteiger partial charge is 0.389 e. The zero-order valence-corrected chi connectivity index (χ0v) is 9.61. The van der Waals surface area contributed by atoms with Gasteiger partial charge in [0.1, 0.15) is 11.7 Å². The number of nitrogens with zero attached hydrogens (tertiary/aromatic N) is 3. The Labute approximate surface area is 102 Å². The van der Waals surface area contributed by atoms with Gasteiger partial charge in [-0.05, 0) is 6.92 Å². The van der Waals surface area contributed by atoms with E-state index in [0.717, 1.165) is 0 Å². The number of hydrogen-bond acceptors (Lipinski definition) is 7. The molecule has 1 aromatic heterocycles. The normalized spacial score (nSPS) is 38.1. The minimum Gasteiger partial charge on any atom is -0.389 e. The molecular formula is C10H13N5O3. The number of fused-ring (bicyclic) bond motifs is 1. The molecule has 1 aromatic rings. The van der Waals surface area contributed by atoms with Crippen molar-refractivity contribution >= 4 is 5.69 Å². The third-order valence-corrected chi connectivity index (χ3v) is 3.44. The van der Waals surface area contributed by atoms with E-state index in [9.17, 15) is 15.0 Å². The average Bonchev–Trinajstić information content (AvgIpc) is 2.88. The molecule has 0 aliphatic carbocycles. The molecule has 18 heavy (non-hydrogen) atoms. The van der Waals surface area contributed by atoms with Crippen LogP contribution in [0.15, 0.2) is 21.4 Å². The van der Waals surface area contributed by atoms with Crippen LogP contribution in [0.2, 0.25) is 0 Å². The van der Waals surface area contributed by atoms with E-state index in [4.69, 9.17) is 0 Å². The molecule has 0 aromatic carbocycles. The number of aromatic amines is 1. The summed E-state index contributed by atoms with van der Waals surface area (Å²) in [6.07, 6.45) is -0.543. The number of H-pyrrole nitrogens is 1. The van der Waals surface area contributed by atoms with E-state index in [1.165, 1.54) is 6.33 Å². The van der Waals surface area contributed by atoms with Gasteiger partial charge in [-0.1, -0.05) is 0 Å². The number of aliphatic hydroxyl groups excluding tert-OH is 2. The molecule has 0 saturated carbocycles. The van der Waals surface area contributed by atoms with Gasteiger partial charge in [0.25, 0.3) is 5.56 Å². The average molecular weight is 251 g/mol. The summed E-state index contributed by atoms with van der Waals surface area (Å²) < 4.78 is 0. The van der Waals surface area contributed by atoms with E-state index in [2.05, 4.69) is 25.5 Å². The molecular weight excluding hydrogens is 238 g/mol. The third-order valence-electron chi connectivity index (χ3n) is 3.44. The van der Waals surface area contributed by atoms with Crippen molar-refractivity contribution in [2.45, 2.75) is 37.3 Å². The smallest absolute Gasteiger partial charge is 0.278 e. The number of aliphatic hydroxyl groups is 2. The number of hydrogen-bond donors (Lipinski definition) is 4. The summed E-state index contributed by atoms with van der Waals surface area (Å²) in [5.74, 6) is 0. The second-order valence-corrected chi connectivity index (χ2v) is 4.59. The molecule has 4 N–H and O–H groups in total. The lowest BCUT2D eigenvalue weighted by atomic mass is 10.00. The summed E-state index contributed by atoms with van der Waals surface area (Å²) in [4.78, 5) is 18.0. The van der Waals surface area contributed by atoms with E-state index in [-0.39, 0.29) is 17.3 Å². The fraction of sp³-hybridized carbons (Fsp3) is 0.600. The second-order valence-electron chi connectivity index (χ2n) is 4.59.